The summed E-state index contributed by atoms with van der Waals surface area (Å²) in [6.45, 7) is 0. The van der Waals surface area contributed by atoms with Crippen LogP contribution in [0.3, 0.4) is 0 Å². The van der Waals surface area contributed by atoms with E-state index in [1.165, 1.54) is 83.0 Å². The molecule has 2 nitrogen and oxygen atoms in total. The van der Waals surface area contributed by atoms with Gasteiger partial charge in [0.05, 0.1) is 17.5 Å². The first kappa shape index (κ1) is 33.8. The van der Waals surface area contributed by atoms with E-state index in [1.807, 2.05) is 0 Å². The van der Waals surface area contributed by atoms with Gasteiger partial charge in [-0.15, -0.1) is 0 Å². The fourth-order valence-corrected chi connectivity index (χ4v) is 12.7. The second-order valence-electron chi connectivity index (χ2n) is 17.9. The van der Waals surface area contributed by atoms with Crippen molar-refractivity contribution in [3.63, 3.8) is 0 Å². The highest BCUT2D eigenvalue weighted by atomic mass is 16.3. The fourth-order valence-electron chi connectivity index (χ4n) is 12.7. The number of benzene rings is 4. The number of anilines is 1. The van der Waals surface area contributed by atoms with Gasteiger partial charge >= 0.3 is 0 Å². The Balaban J connectivity index is 1.08. The Kier molecular flexibility index (Phi) is 7.92. The Hall–Kier alpha value is -5.34. The zero-order valence-electron chi connectivity index (χ0n) is 32.8. The molecule has 1 spiro atoms. The Labute approximate surface area is 337 Å². The van der Waals surface area contributed by atoms with Crippen molar-refractivity contribution in [1.82, 2.24) is 0 Å². The van der Waals surface area contributed by atoms with Gasteiger partial charge in [-0.25, -0.2) is 0 Å². The minimum atomic E-state index is -0.185. The van der Waals surface area contributed by atoms with Gasteiger partial charge in [0, 0.05) is 28.5 Å². The van der Waals surface area contributed by atoms with Gasteiger partial charge in [-0.05, 0) is 126 Å². The molecule has 1 heterocycles. The van der Waals surface area contributed by atoms with Crippen LogP contribution in [-0.2, 0) is 5.41 Å². The molecule has 1 aromatic heterocycles. The summed E-state index contributed by atoms with van der Waals surface area (Å²) in [5.41, 5.74) is 15.5. The van der Waals surface area contributed by atoms with Crippen molar-refractivity contribution >= 4 is 22.7 Å². The summed E-state index contributed by atoms with van der Waals surface area (Å²) in [6, 6.07) is 34.0. The molecule has 7 aliphatic rings. The molecule has 0 saturated heterocycles. The third kappa shape index (κ3) is 5.08. The van der Waals surface area contributed by atoms with Crippen LogP contribution in [-0.4, -0.2) is 6.04 Å². The monoisotopic (exact) mass is 741 g/mol. The first-order chi connectivity index (χ1) is 28.3. The molecular formula is C55H51NO. The molecule has 1 saturated carbocycles. The van der Waals surface area contributed by atoms with E-state index < -0.39 is 0 Å². The standard InChI is InChI=1S/C55H51NO/c1-3-15-36(16-4-1)38-19-13-20-40(33-38)56(51-26-14-28-53-54(51)46-23-9-12-27-52(46)57-53)41-30-32-45-44-31-29-39(37-17-5-2-6-18-37)34-49(44)55(50(45)35-41)47-24-10-7-21-42(47)43-22-8-11-25-48(43)55/h1,3-4,7-10,12-15,19,21-24,27-37,40,43,48,51H,2,5-6,11,16-18,20,25-26H2. The highest BCUT2D eigenvalue weighted by Gasteiger charge is 2.58. The Bertz CT molecular complexity index is 2600. The van der Waals surface area contributed by atoms with Crippen molar-refractivity contribution in [1.29, 1.82) is 0 Å². The fraction of sp³-hybridized carbons (Fsp3) is 0.309. The lowest BCUT2D eigenvalue weighted by Gasteiger charge is -2.42. The van der Waals surface area contributed by atoms with Crippen LogP contribution in [0.1, 0.15) is 121 Å². The van der Waals surface area contributed by atoms with Gasteiger partial charge in [-0.3, -0.25) is 0 Å². The number of rotatable bonds is 5. The number of para-hydroxylation sites is 1. The van der Waals surface area contributed by atoms with Crippen molar-refractivity contribution in [2.24, 2.45) is 11.8 Å². The molecule has 7 aliphatic carbocycles. The maximum absolute atomic E-state index is 6.60. The molecule has 12 rings (SSSR count). The zero-order chi connectivity index (χ0) is 37.5. The van der Waals surface area contributed by atoms with E-state index in [4.69, 9.17) is 4.42 Å². The maximum atomic E-state index is 6.60. The van der Waals surface area contributed by atoms with Crippen molar-refractivity contribution in [3.8, 4) is 11.1 Å². The molecule has 2 heteroatoms. The van der Waals surface area contributed by atoms with E-state index in [1.54, 1.807) is 16.7 Å². The summed E-state index contributed by atoms with van der Waals surface area (Å²) in [7, 11) is 0. The molecule has 1 fully saturated rings. The lowest BCUT2D eigenvalue weighted by Crippen LogP contribution is -2.39. The minimum absolute atomic E-state index is 0.140. The Morgan fingerprint density at radius 1 is 0.667 bits per heavy atom. The normalized spacial score (nSPS) is 27.9. The molecule has 0 N–H and O–H groups in total. The average Bonchev–Trinajstić information content (AvgIpc) is 3.91. The molecule has 0 amide bonds. The van der Waals surface area contributed by atoms with Crippen molar-refractivity contribution in [2.45, 2.75) is 93.5 Å². The SMILES string of the molecule is C1=CCC(C2=CC(N(c3ccc4c(c3)C3(c5cc(C6CCCCC6)ccc5-4)c4ccccc4C4C=CCCC43)C3CC=Cc4oc5ccccc5c43)CC=C2)C=C1. The number of nitrogens with zero attached hydrogens (tertiary/aromatic N) is 1. The quantitative estimate of drug-likeness (QED) is 0.167. The van der Waals surface area contributed by atoms with Crippen LogP contribution < -0.4 is 4.90 Å². The van der Waals surface area contributed by atoms with Gasteiger partial charge in [-0.2, -0.15) is 0 Å². The highest BCUT2D eigenvalue weighted by molar-refractivity contribution is 5.89. The van der Waals surface area contributed by atoms with Crippen LogP contribution in [0.25, 0.3) is 28.2 Å². The maximum Gasteiger partial charge on any atom is 0.135 e. The largest absolute Gasteiger partial charge is 0.456 e. The van der Waals surface area contributed by atoms with Gasteiger partial charge in [0.15, 0.2) is 0 Å². The Morgan fingerprint density at radius 2 is 1.51 bits per heavy atom. The average molecular weight is 742 g/mol. The van der Waals surface area contributed by atoms with Crippen molar-refractivity contribution in [2.75, 3.05) is 4.90 Å². The molecule has 0 radical (unpaired) electrons. The van der Waals surface area contributed by atoms with E-state index in [9.17, 15) is 0 Å². The summed E-state index contributed by atoms with van der Waals surface area (Å²) in [5.74, 6) is 3.01. The smallest absolute Gasteiger partial charge is 0.135 e. The summed E-state index contributed by atoms with van der Waals surface area (Å²) in [5, 5.41) is 1.24. The van der Waals surface area contributed by atoms with Gasteiger partial charge < -0.3 is 9.32 Å². The van der Waals surface area contributed by atoms with Crippen LogP contribution in [0.2, 0.25) is 0 Å². The summed E-state index contributed by atoms with van der Waals surface area (Å²) in [4.78, 5) is 2.81. The van der Waals surface area contributed by atoms with Crippen molar-refractivity contribution < 1.29 is 4.42 Å². The second kappa shape index (κ2) is 13.4. The van der Waals surface area contributed by atoms with E-state index in [0.29, 0.717) is 23.7 Å². The molecule has 6 unspecified atom stereocenters. The van der Waals surface area contributed by atoms with Crippen LogP contribution in [0.5, 0.6) is 0 Å². The first-order valence-electron chi connectivity index (χ1n) is 22.0. The van der Waals surface area contributed by atoms with E-state index in [2.05, 4.69) is 157 Å². The second-order valence-corrected chi connectivity index (χ2v) is 17.9. The number of furan rings is 1. The predicted octanol–water partition coefficient (Wildman–Crippen LogP) is 14.2. The van der Waals surface area contributed by atoms with Gasteiger partial charge in [0.2, 0.25) is 0 Å². The van der Waals surface area contributed by atoms with Gasteiger partial charge in [0.25, 0.3) is 0 Å². The number of allylic oxidation sites excluding steroid dienone is 8. The van der Waals surface area contributed by atoms with Gasteiger partial charge in [-0.1, -0.05) is 147 Å². The third-order valence-electron chi connectivity index (χ3n) is 15.1. The van der Waals surface area contributed by atoms with Crippen LogP contribution in [0.4, 0.5) is 5.69 Å². The summed E-state index contributed by atoms with van der Waals surface area (Å²) < 4.78 is 6.60. The van der Waals surface area contributed by atoms with Crippen LogP contribution in [0.15, 0.2) is 156 Å². The van der Waals surface area contributed by atoms with Gasteiger partial charge in [0.1, 0.15) is 11.3 Å². The Morgan fingerprint density at radius 3 is 2.42 bits per heavy atom. The number of hydrogen-bond acceptors (Lipinski definition) is 2. The predicted molar refractivity (Wildman–Crippen MR) is 236 cm³/mol. The minimum Gasteiger partial charge on any atom is -0.456 e. The molecule has 6 atom stereocenters. The number of hydrogen-bond donors (Lipinski definition) is 0. The first-order valence-corrected chi connectivity index (χ1v) is 22.0. The molecule has 0 aliphatic heterocycles. The highest BCUT2D eigenvalue weighted by Crippen LogP contribution is 2.67. The lowest BCUT2D eigenvalue weighted by molar-refractivity contribution is 0.350. The molecule has 4 aromatic carbocycles. The molecule has 282 valence electrons. The molecule has 5 aromatic rings. The molecule has 57 heavy (non-hydrogen) atoms. The zero-order valence-corrected chi connectivity index (χ0v) is 32.8. The lowest BCUT2D eigenvalue weighted by atomic mass is 9.63. The summed E-state index contributed by atoms with van der Waals surface area (Å²) in [6.07, 6.45) is 38.2. The topological polar surface area (TPSA) is 16.4 Å². The molecule has 0 bridgehead atoms. The van der Waals surface area contributed by atoms with Crippen LogP contribution in [0, 0.1) is 11.8 Å². The van der Waals surface area contributed by atoms with E-state index >= 15 is 0 Å². The van der Waals surface area contributed by atoms with E-state index in [0.717, 1.165) is 37.0 Å². The van der Waals surface area contributed by atoms with Crippen LogP contribution >= 0.6 is 0 Å². The number of fused-ring (bicyclic) bond motifs is 13. The molecular weight excluding hydrogens is 691 g/mol. The van der Waals surface area contributed by atoms with E-state index in [-0.39, 0.29) is 17.5 Å². The third-order valence-corrected chi connectivity index (χ3v) is 15.1. The summed E-state index contributed by atoms with van der Waals surface area (Å²) >= 11 is 0. The van der Waals surface area contributed by atoms with Crippen molar-refractivity contribution in [3.05, 3.63) is 190 Å².